The van der Waals surface area contributed by atoms with Crippen LogP contribution in [0.25, 0.3) is 0 Å². The van der Waals surface area contributed by atoms with E-state index in [4.69, 9.17) is 14.6 Å². The van der Waals surface area contributed by atoms with E-state index in [1.54, 1.807) is 7.11 Å². The Labute approximate surface area is 86.8 Å². The van der Waals surface area contributed by atoms with E-state index in [9.17, 15) is 4.79 Å². The van der Waals surface area contributed by atoms with Crippen LogP contribution >= 0.6 is 0 Å². The van der Waals surface area contributed by atoms with Crippen LogP contribution in [0.4, 0.5) is 0 Å². The molecule has 0 aromatic carbocycles. The van der Waals surface area contributed by atoms with Gasteiger partial charge in [-0.3, -0.25) is 0 Å². The van der Waals surface area contributed by atoms with Gasteiger partial charge in [0.25, 0.3) is 0 Å². The molecular formula is C9H12N2O4. The van der Waals surface area contributed by atoms with Crippen molar-refractivity contribution in [3.63, 3.8) is 0 Å². The van der Waals surface area contributed by atoms with Crippen LogP contribution in [0.2, 0.25) is 0 Å². The minimum absolute atomic E-state index is 0.0161. The molecule has 1 rings (SSSR count). The molecule has 1 N–H and O–H groups in total. The van der Waals surface area contributed by atoms with E-state index in [1.165, 1.54) is 12.3 Å². The van der Waals surface area contributed by atoms with Crippen LogP contribution in [0, 0.1) is 0 Å². The number of carbonyl (C=O) groups is 1. The number of hydrogen-bond donors (Lipinski definition) is 1. The van der Waals surface area contributed by atoms with E-state index in [1.807, 2.05) is 0 Å². The second kappa shape index (κ2) is 5.92. The molecule has 0 unspecified atom stereocenters. The van der Waals surface area contributed by atoms with Gasteiger partial charge in [-0.2, -0.15) is 5.10 Å². The molecule has 0 spiro atoms. The summed E-state index contributed by atoms with van der Waals surface area (Å²) in [5.41, 5.74) is 0.0161. The first-order valence-electron chi connectivity index (χ1n) is 4.42. The van der Waals surface area contributed by atoms with Gasteiger partial charge in [-0.05, 0) is 6.07 Å². The van der Waals surface area contributed by atoms with E-state index >= 15 is 0 Å². The largest absolute Gasteiger partial charge is 0.477 e. The Bertz CT molecular complexity index is 330. The van der Waals surface area contributed by atoms with Gasteiger partial charge in [0.2, 0.25) is 5.88 Å². The zero-order valence-corrected chi connectivity index (χ0v) is 8.34. The zero-order chi connectivity index (χ0) is 11.1. The normalized spacial score (nSPS) is 9.93. The van der Waals surface area contributed by atoms with Gasteiger partial charge in [0, 0.05) is 20.1 Å². The highest BCUT2D eigenvalue weighted by atomic mass is 16.5. The summed E-state index contributed by atoms with van der Waals surface area (Å²) in [4.78, 5) is 10.7. The Morgan fingerprint density at radius 3 is 3.00 bits per heavy atom. The standard InChI is InChI=1S/C9H12N2O4/c1-14-5-2-6-15-8-7(9(12)13)3-4-10-11-8/h3-4H,2,5-6H2,1H3,(H,12,13). The Morgan fingerprint density at radius 2 is 2.33 bits per heavy atom. The fourth-order valence-electron chi connectivity index (χ4n) is 0.960. The SMILES string of the molecule is COCCCOc1nnccc1C(=O)O. The molecule has 1 aromatic heterocycles. The molecule has 0 aliphatic heterocycles. The lowest BCUT2D eigenvalue weighted by Gasteiger charge is -2.05. The van der Waals surface area contributed by atoms with E-state index in [-0.39, 0.29) is 11.4 Å². The van der Waals surface area contributed by atoms with Crippen molar-refractivity contribution >= 4 is 5.97 Å². The molecule has 0 saturated heterocycles. The van der Waals surface area contributed by atoms with E-state index in [2.05, 4.69) is 10.2 Å². The summed E-state index contributed by atoms with van der Waals surface area (Å²) in [5.74, 6) is -1.03. The number of carboxylic acid groups (broad SMARTS) is 1. The molecule has 0 radical (unpaired) electrons. The number of carboxylic acids is 1. The molecule has 0 saturated carbocycles. The maximum atomic E-state index is 10.7. The third-order valence-electron chi connectivity index (χ3n) is 1.65. The molecule has 0 atom stereocenters. The minimum Gasteiger partial charge on any atom is -0.477 e. The molecule has 1 heterocycles. The molecule has 0 fully saturated rings. The first-order chi connectivity index (χ1) is 7.25. The lowest BCUT2D eigenvalue weighted by molar-refractivity contribution is 0.0690. The fraction of sp³-hybridized carbons (Fsp3) is 0.444. The second-order valence-electron chi connectivity index (χ2n) is 2.75. The summed E-state index contributed by atoms with van der Waals surface area (Å²) in [6.45, 7) is 0.912. The number of aromatic carboxylic acids is 1. The smallest absolute Gasteiger partial charge is 0.341 e. The van der Waals surface area contributed by atoms with Crippen molar-refractivity contribution in [3.05, 3.63) is 17.8 Å². The number of nitrogens with zero attached hydrogens (tertiary/aromatic N) is 2. The van der Waals surface area contributed by atoms with Gasteiger partial charge in [-0.1, -0.05) is 0 Å². The second-order valence-corrected chi connectivity index (χ2v) is 2.75. The Hall–Kier alpha value is -1.69. The lowest BCUT2D eigenvalue weighted by atomic mass is 10.3. The molecule has 15 heavy (non-hydrogen) atoms. The van der Waals surface area contributed by atoms with Crippen LogP contribution in [0.5, 0.6) is 5.88 Å². The van der Waals surface area contributed by atoms with Crippen LogP contribution < -0.4 is 4.74 Å². The van der Waals surface area contributed by atoms with Crippen molar-refractivity contribution in [2.45, 2.75) is 6.42 Å². The van der Waals surface area contributed by atoms with Gasteiger partial charge in [0.1, 0.15) is 5.56 Å². The average Bonchev–Trinajstić information content (AvgIpc) is 2.25. The highest BCUT2D eigenvalue weighted by Gasteiger charge is 2.12. The quantitative estimate of drug-likeness (QED) is 0.695. The summed E-state index contributed by atoms with van der Waals surface area (Å²) < 4.78 is 9.99. The van der Waals surface area contributed by atoms with Crippen molar-refractivity contribution in [1.82, 2.24) is 10.2 Å². The molecule has 6 nitrogen and oxygen atoms in total. The predicted octanol–water partition coefficient (Wildman–Crippen LogP) is 0.590. The van der Waals surface area contributed by atoms with Crippen LogP contribution in [0.3, 0.4) is 0 Å². The summed E-state index contributed by atoms with van der Waals surface area (Å²) >= 11 is 0. The molecule has 0 aliphatic carbocycles. The highest BCUT2D eigenvalue weighted by molar-refractivity contribution is 5.89. The zero-order valence-electron chi connectivity index (χ0n) is 8.34. The van der Waals surface area contributed by atoms with E-state index in [0.29, 0.717) is 19.6 Å². The van der Waals surface area contributed by atoms with Gasteiger partial charge in [-0.25, -0.2) is 4.79 Å². The summed E-state index contributed by atoms with van der Waals surface area (Å²) in [5, 5.41) is 16.0. The summed E-state index contributed by atoms with van der Waals surface area (Å²) in [6.07, 6.45) is 1.98. The maximum absolute atomic E-state index is 10.7. The van der Waals surface area contributed by atoms with E-state index < -0.39 is 5.97 Å². The highest BCUT2D eigenvalue weighted by Crippen LogP contribution is 2.12. The Balaban J connectivity index is 2.56. The van der Waals surface area contributed by atoms with E-state index in [0.717, 1.165) is 0 Å². The van der Waals surface area contributed by atoms with Gasteiger partial charge < -0.3 is 14.6 Å². The monoisotopic (exact) mass is 212 g/mol. The van der Waals surface area contributed by atoms with Crippen molar-refractivity contribution in [2.24, 2.45) is 0 Å². The fourth-order valence-corrected chi connectivity index (χ4v) is 0.960. The first kappa shape index (κ1) is 11.4. The number of hydrogen-bond acceptors (Lipinski definition) is 5. The van der Waals surface area contributed by atoms with Gasteiger partial charge in [0.05, 0.1) is 12.8 Å². The van der Waals surface area contributed by atoms with Crippen molar-refractivity contribution in [2.75, 3.05) is 20.3 Å². The van der Waals surface area contributed by atoms with Crippen LogP contribution in [-0.2, 0) is 4.74 Å². The third-order valence-corrected chi connectivity index (χ3v) is 1.65. The number of ether oxygens (including phenoxy) is 2. The molecule has 82 valence electrons. The number of rotatable bonds is 6. The molecule has 0 aliphatic rings. The lowest BCUT2D eigenvalue weighted by Crippen LogP contribution is -2.08. The van der Waals surface area contributed by atoms with Crippen molar-refractivity contribution < 1.29 is 19.4 Å². The molecule has 0 amide bonds. The Morgan fingerprint density at radius 1 is 1.53 bits per heavy atom. The van der Waals surface area contributed by atoms with Crippen molar-refractivity contribution in [3.8, 4) is 5.88 Å². The summed E-state index contributed by atoms with van der Waals surface area (Å²) in [6, 6.07) is 1.35. The van der Waals surface area contributed by atoms with Gasteiger partial charge in [-0.15, -0.1) is 5.10 Å². The topological polar surface area (TPSA) is 81.5 Å². The average molecular weight is 212 g/mol. The molecular weight excluding hydrogens is 200 g/mol. The minimum atomic E-state index is -1.08. The molecule has 1 aromatic rings. The molecule has 6 heteroatoms. The van der Waals surface area contributed by atoms with Gasteiger partial charge >= 0.3 is 5.97 Å². The number of aromatic nitrogens is 2. The van der Waals surface area contributed by atoms with Gasteiger partial charge in [0.15, 0.2) is 0 Å². The Kier molecular flexibility index (Phi) is 4.49. The van der Waals surface area contributed by atoms with Crippen LogP contribution in [-0.4, -0.2) is 41.6 Å². The number of methoxy groups -OCH3 is 1. The van der Waals surface area contributed by atoms with Crippen molar-refractivity contribution in [1.29, 1.82) is 0 Å². The molecule has 0 bridgehead atoms. The maximum Gasteiger partial charge on any atom is 0.341 e. The summed E-state index contributed by atoms with van der Waals surface area (Å²) in [7, 11) is 1.59. The van der Waals surface area contributed by atoms with Crippen LogP contribution in [0.1, 0.15) is 16.8 Å². The van der Waals surface area contributed by atoms with Crippen LogP contribution in [0.15, 0.2) is 12.3 Å². The first-order valence-corrected chi connectivity index (χ1v) is 4.42. The third kappa shape index (κ3) is 3.51. The predicted molar refractivity (Wildman–Crippen MR) is 51.0 cm³/mol.